The molecular formula is C15H16BFO4. The second-order valence-electron chi connectivity index (χ2n) is 4.46. The molecule has 0 aromatic heterocycles. The Morgan fingerprint density at radius 2 is 1.76 bits per heavy atom. The molecule has 0 amide bonds. The van der Waals surface area contributed by atoms with Gasteiger partial charge in [0, 0.05) is 6.07 Å². The van der Waals surface area contributed by atoms with E-state index in [1.807, 2.05) is 13.0 Å². The average molecular weight is 290 g/mol. The van der Waals surface area contributed by atoms with Gasteiger partial charge in [-0.15, -0.1) is 0 Å². The van der Waals surface area contributed by atoms with Crippen molar-refractivity contribution in [3.05, 3.63) is 53.8 Å². The fourth-order valence-corrected chi connectivity index (χ4v) is 1.89. The molecule has 0 aliphatic carbocycles. The van der Waals surface area contributed by atoms with Gasteiger partial charge < -0.3 is 19.5 Å². The topological polar surface area (TPSA) is 58.9 Å². The lowest BCUT2D eigenvalue weighted by atomic mass is 9.79. The summed E-state index contributed by atoms with van der Waals surface area (Å²) in [7, 11) is -1.71. The Morgan fingerprint density at radius 3 is 2.43 bits per heavy atom. The zero-order valence-electron chi connectivity index (χ0n) is 11.6. The van der Waals surface area contributed by atoms with Crippen molar-refractivity contribution in [3.63, 3.8) is 0 Å². The minimum Gasteiger partial charge on any atom is -0.494 e. The Labute approximate surface area is 122 Å². The van der Waals surface area contributed by atoms with Gasteiger partial charge in [0.1, 0.15) is 23.9 Å². The van der Waals surface area contributed by atoms with Gasteiger partial charge in [0.25, 0.3) is 0 Å². The van der Waals surface area contributed by atoms with Crippen molar-refractivity contribution in [2.45, 2.75) is 13.5 Å². The summed E-state index contributed by atoms with van der Waals surface area (Å²) in [5.74, 6) is 0.749. The number of halogens is 1. The summed E-state index contributed by atoms with van der Waals surface area (Å²) >= 11 is 0. The summed E-state index contributed by atoms with van der Waals surface area (Å²) < 4.78 is 24.3. The molecule has 4 nitrogen and oxygen atoms in total. The number of hydrogen-bond donors (Lipinski definition) is 2. The van der Waals surface area contributed by atoms with Gasteiger partial charge in [-0.3, -0.25) is 0 Å². The normalized spacial score (nSPS) is 10.3. The van der Waals surface area contributed by atoms with E-state index in [1.54, 1.807) is 18.2 Å². The lowest BCUT2D eigenvalue weighted by molar-refractivity contribution is 0.299. The summed E-state index contributed by atoms with van der Waals surface area (Å²) in [6.45, 7) is 2.57. The third-order valence-electron chi connectivity index (χ3n) is 2.80. The summed E-state index contributed by atoms with van der Waals surface area (Å²) in [6.07, 6.45) is 0. The van der Waals surface area contributed by atoms with Crippen LogP contribution in [0.3, 0.4) is 0 Å². The van der Waals surface area contributed by atoms with Gasteiger partial charge >= 0.3 is 7.12 Å². The van der Waals surface area contributed by atoms with Crippen molar-refractivity contribution < 1.29 is 23.9 Å². The molecule has 21 heavy (non-hydrogen) atoms. The third-order valence-corrected chi connectivity index (χ3v) is 2.80. The van der Waals surface area contributed by atoms with E-state index in [1.165, 1.54) is 12.1 Å². The molecule has 2 N–H and O–H groups in total. The van der Waals surface area contributed by atoms with Crippen LogP contribution in [-0.2, 0) is 6.61 Å². The van der Waals surface area contributed by atoms with Crippen LogP contribution >= 0.6 is 0 Å². The van der Waals surface area contributed by atoms with Crippen LogP contribution in [0.5, 0.6) is 11.5 Å². The van der Waals surface area contributed by atoms with Gasteiger partial charge in [0.2, 0.25) is 0 Å². The maximum Gasteiger partial charge on any atom is 0.488 e. The Bertz CT molecular complexity index is 604. The van der Waals surface area contributed by atoms with Gasteiger partial charge in [0.15, 0.2) is 0 Å². The molecule has 0 saturated carbocycles. The van der Waals surface area contributed by atoms with Crippen molar-refractivity contribution in [2.24, 2.45) is 0 Å². The molecule has 110 valence electrons. The van der Waals surface area contributed by atoms with E-state index in [2.05, 4.69) is 0 Å². The first-order valence-corrected chi connectivity index (χ1v) is 6.59. The summed E-state index contributed by atoms with van der Waals surface area (Å²) in [5, 5.41) is 18.2. The molecule has 6 heteroatoms. The molecule has 2 aromatic rings. The van der Waals surface area contributed by atoms with Crippen molar-refractivity contribution in [1.29, 1.82) is 0 Å². The van der Waals surface area contributed by atoms with Crippen molar-refractivity contribution >= 4 is 12.6 Å². The molecule has 0 saturated heterocycles. The average Bonchev–Trinajstić information content (AvgIpc) is 2.45. The van der Waals surface area contributed by atoms with Crippen LogP contribution in [0.2, 0.25) is 0 Å². The Hall–Kier alpha value is -2.05. The molecule has 0 unspecified atom stereocenters. The van der Waals surface area contributed by atoms with E-state index < -0.39 is 12.9 Å². The van der Waals surface area contributed by atoms with E-state index in [0.29, 0.717) is 23.7 Å². The molecule has 2 aromatic carbocycles. The third kappa shape index (κ3) is 4.48. The highest BCUT2D eigenvalue weighted by Gasteiger charge is 2.13. The van der Waals surface area contributed by atoms with Gasteiger partial charge in [0.05, 0.1) is 6.61 Å². The predicted molar refractivity (Wildman–Crippen MR) is 78.2 cm³/mol. The Morgan fingerprint density at radius 1 is 1.05 bits per heavy atom. The lowest BCUT2D eigenvalue weighted by Crippen LogP contribution is -2.30. The van der Waals surface area contributed by atoms with Crippen LogP contribution in [0.25, 0.3) is 0 Å². The second kappa shape index (κ2) is 7.10. The molecule has 0 aliphatic heterocycles. The van der Waals surface area contributed by atoms with E-state index in [4.69, 9.17) is 19.5 Å². The summed E-state index contributed by atoms with van der Waals surface area (Å²) in [5.41, 5.74) is 0.608. The highest BCUT2D eigenvalue weighted by Crippen LogP contribution is 2.20. The molecule has 2 rings (SSSR count). The molecule has 0 radical (unpaired) electrons. The molecule has 0 heterocycles. The molecule has 0 bridgehead atoms. The molecule has 0 atom stereocenters. The monoisotopic (exact) mass is 290 g/mol. The van der Waals surface area contributed by atoms with Gasteiger partial charge in [-0.1, -0.05) is 12.1 Å². The van der Waals surface area contributed by atoms with Crippen molar-refractivity contribution in [1.82, 2.24) is 0 Å². The van der Waals surface area contributed by atoms with Crippen LogP contribution in [-0.4, -0.2) is 23.8 Å². The first-order valence-electron chi connectivity index (χ1n) is 6.59. The first-order chi connectivity index (χ1) is 10.1. The Kier molecular flexibility index (Phi) is 5.19. The predicted octanol–water partition coefficient (Wildman–Crippen LogP) is 1.48. The van der Waals surface area contributed by atoms with Crippen LogP contribution in [0.4, 0.5) is 4.39 Å². The fraction of sp³-hybridized carbons (Fsp3) is 0.200. The summed E-state index contributed by atoms with van der Waals surface area (Å²) in [6, 6.07) is 11.0. The standard InChI is InChI=1S/C15H16BFO4/c1-2-20-14-4-3-5-15(9-14)21-10-11-6-12(16(18)19)8-13(17)7-11/h3-9,18-19H,2,10H2,1H3. The quantitative estimate of drug-likeness (QED) is 0.791. The maximum atomic E-state index is 13.4. The van der Waals surface area contributed by atoms with Crippen LogP contribution in [0.1, 0.15) is 12.5 Å². The zero-order chi connectivity index (χ0) is 15.2. The van der Waals surface area contributed by atoms with Crippen LogP contribution in [0.15, 0.2) is 42.5 Å². The van der Waals surface area contributed by atoms with Crippen LogP contribution < -0.4 is 14.9 Å². The minimum absolute atomic E-state index is 0.0941. The number of hydrogen-bond acceptors (Lipinski definition) is 4. The molecule has 0 fully saturated rings. The number of ether oxygens (including phenoxy) is 2. The maximum absolute atomic E-state index is 13.4. The van der Waals surface area contributed by atoms with E-state index >= 15 is 0 Å². The molecular weight excluding hydrogens is 274 g/mol. The zero-order valence-corrected chi connectivity index (χ0v) is 11.6. The van der Waals surface area contributed by atoms with Gasteiger partial charge in [-0.25, -0.2) is 4.39 Å². The molecule has 0 aliphatic rings. The van der Waals surface area contributed by atoms with E-state index in [-0.39, 0.29) is 12.1 Å². The molecule has 0 spiro atoms. The van der Waals surface area contributed by atoms with Crippen molar-refractivity contribution in [2.75, 3.05) is 6.61 Å². The minimum atomic E-state index is -1.71. The van der Waals surface area contributed by atoms with Gasteiger partial charge in [-0.05, 0) is 42.2 Å². The van der Waals surface area contributed by atoms with E-state index in [0.717, 1.165) is 6.07 Å². The summed E-state index contributed by atoms with van der Waals surface area (Å²) in [4.78, 5) is 0. The number of benzene rings is 2. The Balaban J connectivity index is 2.07. The second-order valence-corrected chi connectivity index (χ2v) is 4.46. The van der Waals surface area contributed by atoms with Crippen molar-refractivity contribution in [3.8, 4) is 11.5 Å². The highest BCUT2D eigenvalue weighted by molar-refractivity contribution is 6.58. The smallest absolute Gasteiger partial charge is 0.488 e. The van der Waals surface area contributed by atoms with E-state index in [9.17, 15) is 4.39 Å². The largest absolute Gasteiger partial charge is 0.494 e. The van der Waals surface area contributed by atoms with Crippen LogP contribution in [0, 0.1) is 5.82 Å². The number of rotatable bonds is 6. The fourth-order valence-electron chi connectivity index (χ4n) is 1.89. The SMILES string of the molecule is CCOc1cccc(OCc2cc(F)cc(B(O)O)c2)c1. The highest BCUT2D eigenvalue weighted by atomic mass is 19.1. The lowest BCUT2D eigenvalue weighted by Gasteiger charge is -2.10. The first kappa shape index (κ1) is 15.3. The van der Waals surface area contributed by atoms with Gasteiger partial charge in [-0.2, -0.15) is 0 Å².